The molecule has 38 heavy (non-hydrogen) atoms. The number of carbonyl (C=O) groups excluding carboxylic acids is 1. The molecule has 1 atom stereocenters. The van der Waals surface area contributed by atoms with Crippen LogP contribution in [0.3, 0.4) is 0 Å². The van der Waals surface area contributed by atoms with Crippen molar-refractivity contribution in [1.82, 2.24) is 15.3 Å². The first kappa shape index (κ1) is 26.5. The number of aromatic nitrogens is 2. The molecule has 3 aromatic carbocycles. The first-order valence-electron chi connectivity index (χ1n) is 12.5. The highest BCUT2D eigenvalue weighted by molar-refractivity contribution is 5.96. The van der Waals surface area contributed by atoms with Gasteiger partial charge in [0.25, 0.3) is 5.91 Å². The van der Waals surface area contributed by atoms with Gasteiger partial charge in [0.15, 0.2) is 5.82 Å². The van der Waals surface area contributed by atoms with Gasteiger partial charge in [0, 0.05) is 48.2 Å². The van der Waals surface area contributed by atoms with E-state index in [4.69, 9.17) is 0 Å². The number of hydrogen-bond donors (Lipinski definition) is 3. The number of rotatable bonds is 8. The molecule has 1 unspecified atom stereocenters. The van der Waals surface area contributed by atoms with E-state index in [-0.39, 0.29) is 11.8 Å². The molecule has 1 heterocycles. The zero-order valence-corrected chi connectivity index (χ0v) is 22.0. The SMILES string of the molecule is CNc1cccc(-c2cnc(-c3ccc(CC(NC(=O)c4ccc(C(C)(C)C)cc4)C(=O)O)cc3)nc2)c1. The molecule has 4 aromatic rings. The summed E-state index contributed by atoms with van der Waals surface area (Å²) in [4.78, 5) is 33.6. The van der Waals surface area contributed by atoms with Crippen molar-refractivity contribution >= 4 is 17.6 Å². The van der Waals surface area contributed by atoms with Crippen LogP contribution in [0.5, 0.6) is 0 Å². The molecular weight excluding hydrogens is 476 g/mol. The van der Waals surface area contributed by atoms with Crippen LogP contribution in [0.2, 0.25) is 0 Å². The number of aliphatic carboxylic acids is 1. The molecule has 0 bridgehead atoms. The Morgan fingerprint density at radius 2 is 1.53 bits per heavy atom. The fourth-order valence-electron chi connectivity index (χ4n) is 4.07. The highest BCUT2D eigenvalue weighted by Crippen LogP contribution is 2.24. The van der Waals surface area contributed by atoms with Gasteiger partial charge in [-0.05, 0) is 46.4 Å². The Kier molecular flexibility index (Phi) is 7.86. The van der Waals surface area contributed by atoms with Crippen molar-refractivity contribution in [2.45, 2.75) is 38.6 Å². The maximum Gasteiger partial charge on any atom is 0.326 e. The van der Waals surface area contributed by atoms with Gasteiger partial charge in [-0.1, -0.05) is 69.3 Å². The highest BCUT2D eigenvalue weighted by atomic mass is 16.4. The first-order valence-corrected chi connectivity index (χ1v) is 12.5. The highest BCUT2D eigenvalue weighted by Gasteiger charge is 2.22. The number of benzene rings is 3. The molecule has 0 saturated heterocycles. The van der Waals surface area contributed by atoms with Gasteiger partial charge in [-0.15, -0.1) is 0 Å². The second kappa shape index (κ2) is 11.3. The molecule has 0 spiro atoms. The van der Waals surface area contributed by atoms with E-state index in [1.165, 1.54) is 0 Å². The number of hydrogen-bond acceptors (Lipinski definition) is 5. The zero-order valence-electron chi connectivity index (χ0n) is 22.0. The van der Waals surface area contributed by atoms with Gasteiger partial charge in [0.05, 0.1) is 0 Å². The molecule has 1 aromatic heterocycles. The Morgan fingerprint density at radius 1 is 0.868 bits per heavy atom. The van der Waals surface area contributed by atoms with Crippen LogP contribution in [0.25, 0.3) is 22.5 Å². The fraction of sp³-hybridized carbons (Fsp3) is 0.226. The average molecular weight is 509 g/mol. The molecule has 3 N–H and O–H groups in total. The standard InChI is InChI=1S/C31H32N4O3/c1-31(2,3)25-14-12-22(13-15-25)29(36)35-27(30(37)38)16-20-8-10-21(11-9-20)28-33-18-24(19-34-28)23-6-5-7-26(17-23)32-4/h5-15,17-19,27,32H,16H2,1-4H3,(H,35,36)(H,37,38). The normalized spacial score (nSPS) is 12.0. The van der Waals surface area contributed by atoms with Gasteiger partial charge in [-0.3, -0.25) is 4.79 Å². The maximum atomic E-state index is 12.7. The van der Waals surface area contributed by atoms with Crippen molar-refractivity contribution in [3.8, 4) is 22.5 Å². The van der Waals surface area contributed by atoms with E-state index in [1.807, 2.05) is 67.7 Å². The lowest BCUT2D eigenvalue weighted by atomic mass is 9.86. The second-order valence-electron chi connectivity index (χ2n) is 10.2. The minimum absolute atomic E-state index is 0.0316. The van der Waals surface area contributed by atoms with Crippen molar-refractivity contribution in [1.29, 1.82) is 0 Å². The van der Waals surface area contributed by atoms with Crippen LogP contribution in [0.15, 0.2) is 85.2 Å². The third-order valence-corrected chi connectivity index (χ3v) is 6.40. The predicted molar refractivity (Wildman–Crippen MR) is 150 cm³/mol. The average Bonchev–Trinajstić information content (AvgIpc) is 2.92. The summed E-state index contributed by atoms with van der Waals surface area (Å²) in [5.74, 6) is -0.926. The van der Waals surface area contributed by atoms with Gasteiger partial charge in [-0.2, -0.15) is 0 Å². The van der Waals surface area contributed by atoms with Crippen molar-refractivity contribution in [3.05, 3.63) is 102 Å². The van der Waals surface area contributed by atoms with Crippen molar-refractivity contribution < 1.29 is 14.7 Å². The number of anilines is 1. The Bertz CT molecular complexity index is 1410. The number of nitrogens with one attached hydrogen (secondary N) is 2. The maximum absolute atomic E-state index is 12.7. The smallest absolute Gasteiger partial charge is 0.326 e. The first-order chi connectivity index (χ1) is 18.1. The second-order valence-corrected chi connectivity index (χ2v) is 10.2. The van der Waals surface area contributed by atoms with E-state index in [1.54, 1.807) is 24.5 Å². The summed E-state index contributed by atoms with van der Waals surface area (Å²) < 4.78 is 0. The van der Waals surface area contributed by atoms with Gasteiger partial charge in [0.1, 0.15) is 6.04 Å². The molecule has 0 fully saturated rings. The van der Waals surface area contributed by atoms with Crippen LogP contribution >= 0.6 is 0 Å². The van der Waals surface area contributed by atoms with Crippen LogP contribution < -0.4 is 10.6 Å². The van der Waals surface area contributed by atoms with Crippen molar-refractivity contribution in [2.75, 3.05) is 12.4 Å². The molecule has 0 saturated carbocycles. The van der Waals surface area contributed by atoms with Crippen LogP contribution in [0.1, 0.15) is 42.3 Å². The third-order valence-electron chi connectivity index (χ3n) is 6.40. The molecule has 0 radical (unpaired) electrons. The number of carbonyl (C=O) groups is 2. The number of nitrogens with zero attached hydrogens (tertiary/aromatic N) is 2. The zero-order chi connectivity index (χ0) is 27.3. The topological polar surface area (TPSA) is 104 Å². The third kappa shape index (κ3) is 6.42. The molecule has 0 aliphatic rings. The van der Waals surface area contributed by atoms with Crippen LogP contribution in [-0.4, -0.2) is 40.0 Å². The lowest BCUT2D eigenvalue weighted by Crippen LogP contribution is -2.42. The van der Waals surface area contributed by atoms with Gasteiger partial charge >= 0.3 is 5.97 Å². The Hall–Kier alpha value is -4.52. The number of carboxylic acids is 1. The van der Waals surface area contributed by atoms with Crippen LogP contribution in [0, 0.1) is 0 Å². The molecule has 1 amide bonds. The summed E-state index contributed by atoms with van der Waals surface area (Å²) in [6.07, 6.45) is 3.73. The van der Waals surface area contributed by atoms with E-state index < -0.39 is 17.9 Å². The van der Waals surface area contributed by atoms with Gasteiger partial charge in [-0.25, -0.2) is 14.8 Å². The van der Waals surface area contributed by atoms with Crippen LogP contribution in [0.4, 0.5) is 5.69 Å². The van der Waals surface area contributed by atoms with E-state index in [0.29, 0.717) is 11.4 Å². The van der Waals surface area contributed by atoms with Gasteiger partial charge in [0.2, 0.25) is 0 Å². The van der Waals surface area contributed by atoms with E-state index >= 15 is 0 Å². The van der Waals surface area contributed by atoms with E-state index in [9.17, 15) is 14.7 Å². The summed E-state index contributed by atoms with van der Waals surface area (Å²) >= 11 is 0. The predicted octanol–water partition coefficient (Wildman–Crippen LogP) is 5.58. The summed E-state index contributed by atoms with van der Waals surface area (Å²) in [7, 11) is 1.88. The molecule has 0 aliphatic carbocycles. The molecule has 0 aliphatic heterocycles. The number of carboxylic acid groups (broad SMARTS) is 1. The molecule has 194 valence electrons. The Morgan fingerprint density at radius 3 is 2.11 bits per heavy atom. The fourth-order valence-corrected chi connectivity index (χ4v) is 4.07. The summed E-state index contributed by atoms with van der Waals surface area (Å²) in [6, 6.07) is 21.6. The lowest BCUT2D eigenvalue weighted by molar-refractivity contribution is -0.139. The molecular formula is C31H32N4O3. The number of amides is 1. The Labute approximate surface area is 223 Å². The summed E-state index contributed by atoms with van der Waals surface area (Å²) in [5.41, 5.74) is 6.04. The van der Waals surface area contributed by atoms with Gasteiger partial charge < -0.3 is 15.7 Å². The Balaban J connectivity index is 1.42. The largest absolute Gasteiger partial charge is 0.480 e. The summed E-state index contributed by atoms with van der Waals surface area (Å²) in [5, 5.41) is 15.5. The van der Waals surface area contributed by atoms with E-state index in [2.05, 4.69) is 41.4 Å². The monoisotopic (exact) mass is 508 g/mol. The van der Waals surface area contributed by atoms with Crippen molar-refractivity contribution in [2.24, 2.45) is 0 Å². The van der Waals surface area contributed by atoms with E-state index in [0.717, 1.165) is 33.5 Å². The molecule has 4 rings (SSSR count). The van der Waals surface area contributed by atoms with Crippen LogP contribution in [-0.2, 0) is 16.6 Å². The summed E-state index contributed by atoms with van der Waals surface area (Å²) in [6.45, 7) is 6.29. The van der Waals surface area contributed by atoms with Crippen molar-refractivity contribution in [3.63, 3.8) is 0 Å². The minimum atomic E-state index is -1.09. The quantitative estimate of drug-likeness (QED) is 0.287. The lowest BCUT2D eigenvalue weighted by Gasteiger charge is -2.19. The minimum Gasteiger partial charge on any atom is -0.480 e. The molecule has 7 heteroatoms. The molecule has 7 nitrogen and oxygen atoms in total.